The molecule has 27 heavy (non-hydrogen) atoms. The van der Waals surface area contributed by atoms with Crippen LogP contribution in [0.4, 0.5) is 5.82 Å². The van der Waals surface area contributed by atoms with E-state index >= 15 is 0 Å². The summed E-state index contributed by atoms with van der Waals surface area (Å²) < 4.78 is 0. The highest BCUT2D eigenvalue weighted by Crippen LogP contribution is 2.25. The van der Waals surface area contributed by atoms with E-state index in [-0.39, 0.29) is 17.9 Å². The van der Waals surface area contributed by atoms with Crippen molar-refractivity contribution in [1.82, 2.24) is 20.3 Å². The number of hydrogen-bond acceptors (Lipinski definition) is 5. The molecule has 2 aromatic rings. The van der Waals surface area contributed by atoms with Gasteiger partial charge in [-0.05, 0) is 45.2 Å². The van der Waals surface area contributed by atoms with Crippen molar-refractivity contribution in [2.24, 2.45) is 5.92 Å². The summed E-state index contributed by atoms with van der Waals surface area (Å²) in [6.07, 6.45) is 7.52. The first-order valence-electron chi connectivity index (χ1n) is 9.88. The SMILES string of the molecule is CCCC(C)NC(=O)C1CCCN(c2cc(C)nc(-c3ccncc3)n2)C1. The predicted molar refractivity (Wildman–Crippen MR) is 107 cm³/mol. The van der Waals surface area contributed by atoms with Crippen LogP contribution in [0.2, 0.25) is 0 Å². The molecule has 0 aromatic carbocycles. The number of aryl methyl sites for hydroxylation is 1. The van der Waals surface area contributed by atoms with Crippen molar-refractivity contribution in [2.75, 3.05) is 18.0 Å². The highest BCUT2D eigenvalue weighted by Gasteiger charge is 2.27. The van der Waals surface area contributed by atoms with Crippen molar-refractivity contribution in [1.29, 1.82) is 0 Å². The van der Waals surface area contributed by atoms with E-state index in [0.717, 1.165) is 49.3 Å². The Labute approximate surface area is 161 Å². The molecule has 1 aliphatic rings. The lowest BCUT2D eigenvalue weighted by Crippen LogP contribution is -2.45. The van der Waals surface area contributed by atoms with Crippen molar-refractivity contribution in [3.05, 3.63) is 36.3 Å². The Kier molecular flexibility index (Phi) is 6.37. The Balaban J connectivity index is 1.74. The maximum atomic E-state index is 12.6. The van der Waals surface area contributed by atoms with Gasteiger partial charge in [0.15, 0.2) is 5.82 Å². The average molecular weight is 367 g/mol. The molecule has 6 heteroatoms. The zero-order valence-corrected chi connectivity index (χ0v) is 16.5. The van der Waals surface area contributed by atoms with Crippen LogP contribution in [0, 0.1) is 12.8 Å². The summed E-state index contributed by atoms with van der Waals surface area (Å²) in [6, 6.07) is 6.07. The number of carbonyl (C=O) groups excluding carboxylic acids is 1. The molecule has 0 bridgehead atoms. The first kappa shape index (κ1) is 19.3. The second-order valence-corrected chi connectivity index (χ2v) is 7.41. The van der Waals surface area contributed by atoms with Gasteiger partial charge in [0.25, 0.3) is 0 Å². The van der Waals surface area contributed by atoms with Crippen molar-refractivity contribution in [3.63, 3.8) is 0 Å². The zero-order valence-electron chi connectivity index (χ0n) is 16.5. The third kappa shape index (κ3) is 5.02. The lowest BCUT2D eigenvalue weighted by atomic mass is 9.96. The Morgan fingerprint density at radius 1 is 1.33 bits per heavy atom. The summed E-state index contributed by atoms with van der Waals surface area (Å²) in [5.74, 6) is 1.78. The third-order valence-corrected chi connectivity index (χ3v) is 5.01. The molecule has 1 saturated heterocycles. The second-order valence-electron chi connectivity index (χ2n) is 7.41. The first-order chi connectivity index (χ1) is 13.1. The van der Waals surface area contributed by atoms with Gasteiger partial charge in [0.2, 0.25) is 5.91 Å². The number of pyridine rings is 1. The Morgan fingerprint density at radius 3 is 2.85 bits per heavy atom. The number of rotatable bonds is 6. The van der Waals surface area contributed by atoms with Crippen molar-refractivity contribution >= 4 is 11.7 Å². The van der Waals surface area contributed by atoms with Crippen LogP contribution in [0.15, 0.2) is 30.6 Å². The quantitative estimate of drug-likeness (QED) is 0.848. The topological polar surface area (TPSA) is 71.0 Å². The number of piperidine rings is 1. The van der Waals surface area contributed by atoms with Gasteiger partial charge in [0.05, 0.1) is 5.92 Å². The van der Waals surface area contributed by atoms with Crippen LogP contribution in [0.3, 0.4) is 0 Å². The molecule has 0 spiro atoms. The number of nitrogens with zero attached hydrogens (tertiary/aromatic N) is 4. The lowest BCUT2D eigenvalue weighted by Gasteiger charge is -2.33. The van der Waals surface area contributed by atoms with E-state index in [1.165, 1.54) is 0 Å². The molecule has 0 radical (unpaired) electrons. The van der Waals surface area contributed by atoms with Gasteiger partial charge in [0, 0.05) is 48.8 Å². The van der Waals surface area contributed by atoms with Gasteiger partial charge < -0.3 is 10.2 Å². The molecule has 3 heterocycles. The van der Waals surface area contributed by atoms with E-state index in [9.17, 15) is 4.79 Å². The van der Waals surface area contributed by atoms with Crippen LogP contribution >= 0.6 is 0 Å². The van der Waals surface area contributed by atoms with Crippen LogP contribution in [0.1, 0.15) is 45.2 Å². The monoisotopic (exact) mass is 367 g/mol. The molecule has 1 N–H and O–H groups in total. The summed E-state index contributed by atoms with van der Waals surface area (Å²) in [5, 5.41) is 3.17. The largest absolute Gasteiger partial charge is 0.356 e. The van der Waals surface area contributed by atoms with Crippen molar-refractivity contribution < 1.29 is 4.79 Å². The Morgan fingerprint density at radius 2 is 2.11 bits per heavy atom. The number of hydrogen-bond donors (Lipinski definition) is 1. The van der Waals surface area contributed by atoms with E-state index < -0.39 is 0 Å². The van der Waals surface area contributed by atoms with E-state index in [2.05, 4.69) is 34.0 Å². The molecule has 2 aromatic heterocycles. The smallest absolute Gasteiger partial charge is 0.225 e. The van der Waals surface area contributed by atoms with E-state index in [1.807, 2.05) is 25.1 Å². The van der Waals surface area contributed by atoms with Crippen molar-refractivity contribution in [2.45, 2.75) is 52.5 Å². The molecular formula is C21H29N5O. The van der Waals surface area contributed by atoms with Gasteiger partial charge >= 0.3 is 0 Å². The number of aromatic nitrogens is 3. The van der Waals surface area contributed by atoms with E-state index in [0.29, 0.717) is 12.4 Å². The fourth-order valence-corrected chi connectivity index (χ4v) is 3.61. The van der Waals surface area contributed by atoms with Crippen LogP contribution in [-0.2, 0) is 4.79 Å². The minimum Gasteiger partial charge on any atom is -0.356 e. The molecule has 144 valence electrons. The van der Waals surface area contributed by atoms with Gasteiger partial charge in [-0.15, -0.1) is 0 Å². The number of amides is 1. The van der Waals surface area contributed by atoms with Crippen LogP contribution in [0.5, 0.6) is 0 Å². The highest BCUT2D eigenvalue weighted by molar-refractivity contribution is 5.79. The summed E-state index contributed by atoms with van der Waals surface area (Å²) in [7, 11) is 0. The first-order valence-corrected chi connectivity index (χ1v) is 9.88. The summed E-state index contributed by atoms with van der Waals surface area (Å²) >= 11 is 0. The van der Waals surface area contributed by atoms with Crippen LogP contribution < -0.4 is 10.2 Å². The minimum atomic E-state index is 0.0118. The van der Waals surface area contributed by atoms with Gasteiger partial charge in [0.1, 0.15) is 5.82 Å². The van der Waals surface area contributed by atoms with E-state index in [1.54, 1.807) is 12.4 Å². The molecule has 1 aliphatic heterocycles. The van der Waals surface area contributed by atoms with Gasteiger partial charge in [-0.25, -0.2) is 9.97 Å². The van der Waals surface area contributed by atoms with Crippen LogP contribution in [0.25, 0.3) is 11.4 Å². The Bertz CT molecular complexity index is 764. The number of anilines is 1. The molecule has 1 amide bonds. The van der Waals surface area contributed by atoms with E-state index in [4.69, 9.17) is 4.98 Å². The van der Waals surface area contributed by atoms with Gasteiger partial charge in [-0.2, -0.15) is 0 Å². The molecule has 0 saturated carbocycles. The normalized spacial score (nSPS) is 18.2. The molecule has 6 nitrogen and oxygen atoms in total. The molecule has 3 rings (SSSR count). The molecule has 1 fully saturated rings. The molecule has 0 aliphatic carbocycles. The van der Waals surface area contributed by atoms with Gasteiger partial charge in [-0.3, -0.25) is 9.78 Å². The number of carbonyl (C=O) groups is 1. The van der Waals surface area contributed by atoms with Crippen molar-refractivity contribution in [3.8, 4) is 11.4 Å². The fraction of sp³-hybridized carbons (Fsp3) is 0.524. The third-order valence-electron chi connectivity index (χ3n) is 5.01. The van der Waals surface area contributed by atoms with Gasteiger partial charge in [-0.1, -0.05) is 13.3 Å². The fourth-order valence-electron chi connectivity index (χ4n) is 3.61. The average Bonchev–Trinajstić information content (AvgIpc) is 2.68. The lowest BCUT2D eigenvalue weighted by molar-refractivity contribution is -0.125. The predicted octanol–water partition coefficient (Wildman–Crippen LogP) is 3.37. The standard InChI is InChI=1S/C21H29N5O/c1-4-6-15(2)24-21(27)18-7-5-12-26(14-18)19-13-16(3)23-20(25-19)17-8-10-22-11-9-17/h8-11,13,15,18H,4-7,12,14H2,1-3H3,(H,24,27). The molecule has 2 unspecified atom stereocenters. The number of nitrogens with one attached hydrogen (secondary N) is 1. The zero-order chi connectivity index (χ0) is 19.2. The highest BCUT2D eigenvalue weighted by atomic mass is 16.2. The summed E-state index contributed by atoms with van der Waals surface area (Å²) in [5.41, 5.74) is 1.88. The minimum absolute atomic E-state index is 0.0118. The van der Waals surface area contributed by atoms with Crippen LogP contribution in [-0.4, -0.2) is 40.0 Å². The maximum absolute atomic E-state index is 12.6. The molecule has 2 atom stereocenters. The Hall–Kier alpha value is -2.50. The maximum Gasteiger partial charge on any atom is 0.225 e. The molecular weight excluding hydrogens is 338 g/mol. The summed E-state index contributed by atoms with van der Waals surface area (Å²) in [4.78, 5) is 28.3. The second kappa shape index (κ2) is 8.93. The summed E-state index contributed by atoms with van der Waals surface area (Å²) in [6.45, 7) is 7.83.